The number of rotatable bonds is 7. The Morgan fingerprint density at radius 1 is 1.17 bits per heavy atom. The van der Waals surface area contributed by atoms with Crippen molar-refractivity contribution in [1.82, 2.24) is 10.3 Å². The van der Waals surface area contributed by atoms with Crippen LogP contribution in [0.1, 0.15) is 37.0 Å². The van der Waals surface area contributed by atoms with E-state index in [2.05, 4.69) is 10.3 Å². The van der Waals surface area contributed by atoms with Crippen LogP contribution in [0.3, 0.4) is 0 Å². The number of hydrogen-bond donors (Lipinski definition) is 3. The fraction of sp³-hybridized carbons (Fsp3) is 0.368. The maximum absolute atomic E-state index is 12.1. The summed E-state index contributed by atoms with van der Waals surface area (Å²) in [6.45, 7) is 4.54. The molecule has 2 aromatic rings. The Labute approximate surface area is 141 Å². The second-order valence-electron chi connectivity index (χ2n) is 6.66. The molecule has 2 rings (SSSR count). The molecule has 1 aromatic carbocycles. The third kappa shape index (κ3) is 4.80. The smallest absolute Gasteiger partial charge is 0.261 e. The first-order chi connectivity index (χ1) is 11.4. The van der Waals surface area contributed by atoms with Crippen molar-refractivity contribution in [3.05, 3.63) is 58.4 Å². The van der Waals surface area contributed by atoms with Crippen molar-refractivity contribution in [2.75, 3.05) is 13.2 Å². The molecular weight excluding hydrogens is 304 g/mol. The summed E-state index contributed by atoms with van der Waals surface area (Å²) in [6, 6.07) is 12.8. The molecule has 0 unspecified atom stereocenters. The minimum Gasteiger partial charge on any atom is -0.396 e. The van der Waals surface area contributed by atoms with E-state index < -0.39 is 5.56 Å². The highest BCUT2D eigenvalue weighted by Gasteiger charge is 2.16. The summed E-state index contributed by atoms with van der Waals surface area (Å²) in [5.74, 6) is -0.377. The SMILES string of the molecule is CC(C)(CO)CCCNC(=O)c1ccc(-c2ccccc2)[nH]c1=O. The lowest BCUT2D eigenvalue weighted by Crippen LogP contribution is -2.31. The molecule has 24 heavy (non-hydrogen) atoms. The van der Waals surface area contributed by atoms with Crippen LogP contribution in [-0.2, 0) is 0 Å². The van der Waals surface area contributed by atoms with Crippen molar-refractivity contribution in [1.29, 1.82) is 0 Å². The Balaban J connectivity index is 1.97. The summed E-state index contributed by atoms with van der Waals surface area (Å²) < 4.78 is 0. The van der Waals surface area contributed by atoms with Crippen LogP contribution in [0.2, 0.25) is 0 Å². The fourth-order valence-electron chi connectivity index (χ4n) is 2.38. The monoisotopic (exact) mass is 328 g/mol. The quantitative estimate of drug-likeness (QED) is 0.683. The van der Waals surface area contributed by atoms with Gasteiger partial charge < -0.3 is 15.4 Å². The number of carbonyl (C=O) groups excluding carboxylic acids is 1. The van der Waals surface area contributed by atoms with Crippen LogP contribution in [-0.4, -0.2) is 29.1 Å². The molecule has 1 amide bonds. The molecule has 5 nitrogen and oxygen atoms in total. The normalized spacial score (nSPS) is 11.3. The molecule has 3 N–H and O–H groups in total. The van der Waals surface area contributed by atoms with E-state index in [-0.39, 0.29) is 23.5 Å². The van der Waals surface area contributed by atoms with Crippen molar-refractivity contribution in [3.63, 3.8) is 0 Å². The molecule has 0 atom stereocenters. The van der Waals surface area contributed by atoms with E-state index >= 15 is 0 Å². The van der Waals surface area contributed by atoms with Gasteiger partial charge in [0.15, 0.2) is 0 Å². The van der Waals surface area contributed by atoms with Crippen LogP contribution in [0.5, 0.6) is 0 Å². The lowest BCUT2D eigenvalue weighted by Gasteiger charge is -2.21. The standard InChI is InChI=1S/C19H24N2O3/c1-19(2,13-22)11-6-12-20-17(23)15-9-10-16(21-18(15)24)14-7-4-3-5-8-14/h3-5,7-10,22H,6,11-13H2,1-2H3,(H,20,23)(H,21,24). The van der Waals surface area contributed by atoms with E-state index in [9.17, 15) is 14.7 Å². The zero-order chi connectivity index (χ0) is 17.6. The number of aromatic amines is 1. The highest BCUT2D eigenvalue weighted by Crippen LogP contribution is 2.20. The number of aromatic nitrogens is 1. The van der Waals surface area contributed by atoms with Gasteiger partial charge in [-0.25, -0.2) is 0 Å². The number of amides is 1. The number of aliphatic hydroxyl groups excluding tert-OH is 1. The van der Waals surface area contributed by atoms with E-state index in [1.165, 1.54) is 0 Å². The van der Waals surface area contributed by atoms with Crippen molar-refractivity contribution < 1.29 is 9.90 Å². The Hall–Kier alpha value is -2.40. The average Bonchev–Trinajstić information content (AvgIpc) is 2.59. The Morgan fingerprint density at radius 2 is 1.88 bits per heavy atom. The number of H-pyrrole nitrogens is 1. The molecule has 1 heterocycles. The van der Waals surface area contributed by atoms with Gasteiger partial charge in [0.1, 0.15) is 5.56 Å². The van der Waals surface area contributed by atoms with Crippen molar-refractivity contribution in [2.24, 2.45) is 5.41 Å². The summed E-state index contributed by atoms with van der Waals surface area (Å²) in [5.41, 5.74) is 1.13. The molecule has 0 saturated heterocycles. The summed E-state index contributed by atoms with van der Waals surface area (Å²) in [5, 5.41) is 12.0. The predicted molar refractivity (Wildman–Crippen MR) is 94.9 cm³/mol. The second-order valence-corrected chi connectivity index (χ2v) is 6.66. The van der Waals surface area contributed by atoms with Gasteiger partial charge in [0.2, 0.25) is 0 Å². The molecular formula is C19H24N2O3. The number of benzene rings is 1. The highest BCUT2D eigenvalue weighted by atomic mass is 16.3. The lowest BCUT2D eigenvalue weighted by atomic mass is 9.89. The summed E-state index contributed by atoms with van der Waals surface area (Å²) in [6.07, 6.45) is 1.55. The van der Waals surface area contributed by atoms with Crippen LogP contribution in [0, 0.1) is 5.41 Å². The molecule has 0 saturated carbocycles. The number of hydrogen-bond acceptors (Lipinski definition) is 3. The first kappa shape index (κ1) is 17.9. The molecule has 0 aliphatic rings. The molecule has 0 aliphatic heterocycles. The summed E-state index contributed by atoms with van der Waals surface area (Å²) >= 11 is 0. The van der Waals surface area contributed by atoms with Gasteiger partial charge in [0.05, 0.1) is 0 Å². The molecule has 1 aromatic heterocycles. The molecule has 5 heteroatoms. The van der Waals surface area contributed by atoms with Crippen LogP contribution < -0.4 is 10.9 Å². The zero-order valence-corrected chi connectivity index (χ0v) is 14.1. The minimum absolute atomic E-state index is 0.107. The maximum atomic E-state index is 12.1. The van der Waals surface area contributed by atoms with Gasteiger partial charge in [-0.1, -0.05) is 44.2 Å². The van der Waals surface area contributed by atoms with Gasteiger partial charge >= 0.3 is 0 Å². The average molecular weight is 328 g/mol. The Morgan fingerprint density at radius 3 is 2.50 bits per heavy atom. The number of aliphatic hydroxyl groups is 1. The van der Waals surface area contributed by atoms with Crippen LogP contribution in [0.15, 0.2) is 47.3 Å². The van der Waals surface area contributed by atoms with E-state index in [1.54, 1.807) is 12.1 Å². The number of pyridine rings is 1. The third-order valence-corrected chi connectivity index (χ3v) is 3.98. The molecule has 0 fully saturated rings. The highest BCUT2D eigenvalue weighted by molar-refractivity contribution is 5.94. The van der Waals surface area contributed by atoms with Gasteiger partial charge in [0.25, 0.3) is 11.5 Å². The minimum atomic E-state index is -0.399. The van der Waals surface area contributed by atoms with Crippen molar-refractivity contribution >= 4 is 5.91 Å². The van der Waals surface area contributed by atoms with E-state index in [0.29, 0.717) is 12.2 Å². The summed E-state index contributed by atoms with van der Waals surface area (Å²) in [7, 11) is 0. The molecule has 0 bridgehead atoms. The Bertz CT molecular complexity index is 736. The molecule has 0 radical (unpaired) electrons. The number of nitrogens with one attached hydrogen (secondary N) is 2. The Kier molecular flexibility index (Phi) is 5.93. The fourth-order valence-corrected chi connectivity index (χ4v) is 2.38. The summed E-state index contributed by atoms with van der Waals surface area (Å²) in [4.78, 5) is 27.0. The van der Waals surface area contributed by atoms with Gasteiger partial charge in [-0.05, 0) is 36.0 Å². The topological polar surface area (TPSA) is 82.2 Å². The van der Waals surface area contributed by atoms with Crippen molar-refractivity contribution in [2.45, 2.75) is 26.7 Å². The van der Waals surface area contributed by atoms with E-state index in [4.69, 9.17) is 0 Å². The van der Waals surface area contributed by atoms with Crippen LogP contribution >= 0.6 is 0 Å². The maximum Gasteiger partial charge on any atom is 0.261 e. The predicted octanol–water partition coefficient (Wildman–Crippen LogP) is 2.57. The van der Waals surface area contributed by atoms with Gasteiger partial charge in [-0.2, -0.15) is 0 Å². The van der Waals surface area contributed by atoms with Crippen LogP contribution in [0.25, 0.3) is 11.3 Å². The second kappa shape index (κ2) is 7.93. The first-order valence-electron chi connectivity index (χ1n) is 8.11. The van der Waals surface area contributed by atoms with Gasteiger partial charge in [-0.15, -0.1) is 0 Å². The van der Waals surface area contributed by atoms with Gasteiger partial charge in [0, 0.05) is 18.8 Å². The van der Waals surface area contributed by atoms with Crippen molar-refractivity contribution in [3.8, 4) is 11.3 Å². The number of carbonyl (C=O) groups is 1. The van der Waals surface area contributed by atoms with E-state index in [0.717, 1.165) is 18.4 Å². The van der Waals surface area contributed by atoms with Crippen LogP contribution in [0.4, 0.5) is 0 Å². The first-order valence-corrected chi connectivity index (χ1v) is 8.11. The molecule has 0 aliphatic carbocycles. The van der Waals surface area contributed by atoms with E-state index in [1.807, 2.05) is 44.2 Å². The third-order valence-electron chi connectivity index (χ3n) is 3.98. The molecule has 128 valence electrons. The van der Waals surface area contributed by atoms with Gasteiger partial charge in [-0.3, -0.25) is 9.59 Å². The largest absolute Gasteiger partial charge is 0.396 e. The molecule has 0 spiro atoms. The lowest BCUT2D eigenvalue weighted by molar-refractivity contribution is 0.0947. The zero-order valence-electron chi connectivity index (χ0n) is 14.1.